The molecule has 5 heteroatoms. The van der Waals surface area contributed by atoms with Gasteiger partial charge >= 0.3 is 6.16 Å². The highest BCUT2D eigenvalue weighted by Crippen LogP contribution is 1.91. The maximum Gasteiger partial charge on any atom is 0.510 e. The van der Waals surface area contributed by atoms with Crippen LogP contribution in [0.5, 0.6) is 0 Å². The van der Waals surface area contributed by atoms with E-state index >= 15 is 0 Å². The van der Waals surface area contributed by atoms with Gasteiger partial charge in [-0.3, -0.25) is 4.79 Å². The third kappa shape index (κ3) is 6.85. The first-order valence-electron chi connectivity index (χ1n) is 3.60. The summed E-state index contributed by atoms with van der Waals surface area (Å²) in [4.78, 5) is 20.9. The highest BCUT2D eigenvalue weighted by molar-refractivity contribution is 5.72. The summed E-state index contributed by atoms with van der Waals surface area (Å²) in [5, 5.41) is 2.29. The number of nitrogens with one attached hydrogen (secondary N) is 1. The lowest BCUT2D eigenvalue weighted by molar-refractivity contribution is -0.120. The average molecular weight is 175 g/mol. The summed E-state index contributed by atoms with van der Waals surface area (Å²) < 4.78 is 9.09. The number of carbonyl (C=O) groups is 2. The van der Waals surface area contributed by atoms with Gasteiger partial charge in [-0.1, -0.05) is 0 Å². The van der Waals surface area contributed by atoms with Crippen LogP contribution in [0, 0.1) is 0 Å². The molecule has 0 radical (unpaired) electrons. The minimum atomic E-state index is -0.779. The van der Waals surface area contributed by atoms with Crippen LogP contribution in [-0.4, -0.2) is 24.9 Å². The first-order chi connectivity index (χ1) is 5.52. The second kappa shape index (κ2) is 5.40. The molecule has 70 valence electrons. The molecular formula is C7H13NO4. The van der Waals surface area contributed by atoms with E-state index in [1.54, 1.807) is 13.8 Å². The Hall–Kier alpha value is -1.26. The summed E-state index contributed by atoms with van der Waals surface area (Å²) in [5.74, 6) is -0.257. The minimum Gasteiger partial charge on any atom is -0.432 e. The van der Waals surface area contributed by atoms with Crippen molar-refractivity contribution < 1.29 is 19.1 Å². The molecule has 0 unspecified atom stereocenters. The molecule has 0 bridgehead atoms. The fourth-order valence-corrected chi connectivity index (χ4v) is 0.423. The Labute approximate surface area is 71.0 Å². The van der Waals surface area contributed by atoms with Gasteiger partial charge in [-0.15, -0.1) is 0 Å². The van der Waals surface area contributed by atoms with E-state index in [1.807, 2.05) is 0 Å². The predicted octanol–water partition coefficient (Wildman–Crippen LogP) is 0.642. The molecule has 1 N–H and O–H groups in total. The molecule has 0 spiro atoms. The Balaban J connectivity index is 3.38. The van der Waals surface area contributed by atoms with E-state index < -0.39 is 6.16 Å². The van der Waals surface area contributed by atoms with Gasteiger partial charge in [0.05, 0.1) is 6.10 Å². The van der Waals surface area contributed by atoms with Crippen LogP contribution < -0.4 is 5.32 Å². The van der Waals surface area contributed by atoms with Gasteiger partial charge in [-0.25, -0.2) is 4.79 Å². The molecule has 12 heavy (non-hydrogen) atoms. The van der Waals surface area contributed by atoms with Gasteiger partial charge in [0.2, 0.25) is 5.91 Å². The normalized spacial score (nSPS) is 9.33. The van der Waals surface area contributed by atoms with Crippen molar-refractivity contribution in [1.82, 2.24) is 5.32 Å². The summed E-state index contributed by atoms with van der Waals surface area (Å²) in [6.07, 6.45) is -0.992. The van der Waals surface area contributed by atoms with Crippen LogP contribution in [0.1, 0.15) is 20.8 Å². The SMILES string of the molecule is CC(=O)NCOC(=O)OC(C)C. The minimum absolute atomic E-state index is 0.152. The Morgan fingerprint density at radius 2 is 2.00 bits per heavy atom. The zero-order valence-corrected chi connectivity index (χ0v) is 7.42. The predicted molar refractivity (Wildman–Crippen MR) is 41.4 cm³/mol. The van der Waals surface area contributed by atoms with Gasteiger partial charge in [0.1, 0.15) is 0 Å². The lowest BCUT2D eigenvalue weighted by atomic mass is 10.5. The van der Waals surface area contributed by atoms with Gasteiger partial charge in [0.25, 0.3) is 0 Å². The maximum atomic E-state index is 10.6. The highest BCUT2D eigenvalue weighted by Gasteiger charge is 2.05. The quantitative estimate of drug-likeness (QED) is 0.505. The molecule has 0 aliphatic carbocycles. The number of rotatable bonds is 3. The zero-order chi connectivity index (χ0) is 9.56. The van der Waals surface area contributed by atoms with Crippen LogP contribution in [0.4, 0.5) is 4.79 Å². The Kier molecular flexibility index (Phi) is 4.83. The van der Waals surface area contributed by atoms with Gasteiger partial charge < -0.3 is 14.8 Å². The van der Waals surface area contributed by atoms with Crippen LogP contribution in [-0.2, 0) is 14.3 Å². The van der Waals surface area contributed by atoms with Crippen LogP contribution in [0.15, 0.2) is 0 Å². The average Bonchev–Trinajstić information content (AvgIpc) is 1.84. The molecule has 0 saturated carbocycles. The standard InChI is InChI=1S/C7H13NO4/c1-5(2)12-7(10)11-4-8-6(3)9/h5H,4H2,1-3H3,(H,8,9). The lowest BCUT2D eigenvalue weighted by Gasteiger charge is -2.08. The van der Waals surface area contributed by atoms with Crippen molar-refractivity contribution in [1.29, 1.82) is 0 Å². The van der Waals surface area contributed by atoms with Crippen molar-refractivity contribution in [2.75, 3.05) is 6.73 Å². The number of hydrogen-bond donors (Lipinski definition) is 1. The molecule has 0 fully saturated rings. The van der Waals surface area contributed by atoms with E-state index in [1.165, 1.54) is 6.92 Å². The molecule has 0 aliphatic rings. The zero-order valence-electron chi connectivity index (χ0n) is 7.42. The number of hydrogen-bond acceptors (Lipinski definition) is 4. The van der Waals surface area contributed by atoms with Gasteiger partial charge in [-0.05, 0) is 13.8 Å². The fourth-order valence-electron chi connectivity index (χ4n) is 0.423. The first kappa shape index (κ1) is 10.7. The third-order valence-electron chi connectivity index (χ3n) is 0.843. The molecule has 0 aromatic carbocycles. The molecule has 0 atom stereocenters. The molecule has 0 heterocycles. The third-order valence-corrected chi connectivity index (χ3v) is 0.843. The second-order valence-corrected chi connectivity index (χ2v) is 2.44. The van der Waals surface area contributed by atoms with E-state index in [0.717, 1.165) is 0 Å². The van der Waals surface area contributed by atoms with Crippen molar-refractivity contribution in [3.05, 3.63) is 0 Å². The molecule has 0 rings (SSSR count). The molecule has 5 nitrogen and oxygen atoms in total. The number of amides is 1. The second-order valence-electron chi connectivity index (χ2n) is 2.44. The van der Waals surface area contributed by atoms with Crippen molar-refractivity contribution in [2.24, 2.45) is 0 Å². The van der Waals surface area contributed by atoms with E-state index in [4.69, 9.17) is 0 Å². The summed E-state index contributed by atoms with van der Waals surface area (Å²) in [6, 6.07) is 0. The molecule has 1 amide bonds. The van der Waals surface area contributed by atoms with Crippen LogP contribution >= 0.6 is 0 Å². The van der Waals surface area contributed by atoms with Crippen molar-refractivity contribution in [2.45, 2.75) is 26.9 Å². The largest absolute Gasteiger partial charge is 0.510 e. The van der Waals surface area contributed by atoms with Gasteiger partial charge in [0, 0.05) is 6.92 Å². The molecule has 0 saturated heterocycles. The van der Waals surface area contributed by atoms with Crippen molar-refractivity contribution in [3.63, 3.8) is 0 Å². The van der Waals surface area contributed by atoms with Crippen LogP contribution in [0.3, 0.4) is 0 Å². The molecule has 0 aromatic rings. The fraction of sp³-hybridized carbons (Fsp3) is 0.714. The molecule has 0 aromatic heterocycles. The van der Waals surface area contributed by atoms with Crippen LogP contribution in [0.25, 0.3) is 0 Å². The highest BCUT2D eigenvalue weighted by atomic mass is 16.7. The lowest BCUT2D eigenvalue weighted by Crippen LogP contribution is -2.26. The van der Waals surface area contributed by atoms with E-state index in [-0.39, 0.29) is 18.7 Å². The summed E-state index contributed by atoms with van der Waals surface area (Å²) >= 11 is 0. The Morgan fingerprint density at radius 1 is 1.42 bits per heavy atom. The maximum absolute atomic E-state index is 10.6. The number of ether oxygens (including phenoxy) is 2. The number of carbonyl (C=O) groups excluding carboxylic acids is 2. The summed E-state index contributed by atoms with van der Waals surface area (Å²) in [6.45, 7) is 4.59. The topological polar surface area (TPSA) is 64.6 Å². The van der Waals surface area contributed by atoms with E-state index in [9.17, 15) is 9.59 Å². The molecular weight excluding hydrogens is 162 g/mol. The summed E-state index contributed by atoms with van der Waals surface area (Å²) in [5.41, 5.74) is 0. The summed E-state index contributed by atoms with van der Waals surface area (Å²) in [7, 11) is 0. The van der Waals surface area contributed by atoms with Crippen molar-refractivity contribution >= 4 is 12.1 Å². The Morgan fingerprint density at radius 3 is 2.42 bits per heavy atom. The van der Waals surface area contributed by atoms with E-state index in [0.29, 0.717) is 0 Å². The van der Waals surface area contributed by atoms with Gasteiger partial charge in [0.15, 0.2) is 6.73 Å². The monoisotopic (exact) mass is 175 g/mol. The Bertz CT molecular complexity index is 167. The first-order valence-corrected chi connectivity index (χ1v) is 3.60. The van der Waals surface area contributed by atoms with Crippen LogP contribution in [0.2, 0.25) is 0 Å². The van der Waals surface area contributed by atoms with Gasteiger partial charge in [-0.2, -0.15) is 0 Å². The van der Waals surface area contributed by atoms with E-state index in [2.05, 4.69) is 14.8 Å². The molecule has 0 aliphatic heterocycles. The smallest absolute Gasteiger partial charge is 0.432 e. The van der Waals surface area contributed by atoms with Crippen molar-refractivity contribution in [3.8, 4) is 0 Å².